The summed E-state index contributed by atoms with van der Waals surface area (Å²) in [6, 6.07) is 24.5. The van der Waals surface area contributed by atoms with Crippen LogP contribution in [-0.4, -0.2) is 42.3 Å². The number of carbonyl (C=O) groups excluding carboxylic acids is 2. The fourth-order valence-corrected chi connectivity index (χ4v) is 8.47. The molecule has 0 aliphatic carbocycles. The zero-order chi connectivity index (χ0) is 26.8. The van der Waals surface area contributed by atoms with E-state index < -0.39 is 11.0 Å². The Morgan fingerprint density at radius 2 is 1.62 bits per heavy atom. The van der Waals surface area contributed by atoms with E-state index in [2.05, 4.69) is 77.7 Å². The van der Waals surface area contributed by atoms with E-state index >= 15 is 4.79 Å². The number of nitrogens with zero attached hydrogens (tertiary/aromatic N) is 1. The van der Waals surface area contributed by atoms with Gasteiger partial charge in [0, 0.05) is 50.8 Å². The van der Waals surface area contributed by atoms with Gasteiger partial charge in [0.15, 0.2) is 5.78 Å². The lowest BCUT2D eigenvalue weighted by Crippen LogP contribution is -2.65. The molecule has 7 heteroatoms. The van der Waals surface area contributed by atoms with Gasteiger partial charge < -0.3 is 10.6 Å². The summed E-state index contributed by atoms with van der Waals surface area (Å²) in [6.07, 6.45) is 5.07. The maximum absolute atomic E-state index is 15.2. The van der Waals surface area contributed by atoms with Crippen LogP contribution in [0.3, 0.4) is 0 Å². The van der Waals surface area contributed by atoms with E-state index in [0.717, 1.165) is 62.7 Å². The predicted molar refractivity (Wildman–Crippen MR) is 160 cm³/mol. The Hall–Kier alpha value is -2.58. The number of para-hydroxylation sites is 1. The highest BCUT2D eigenvalue weighted by molar-refractivity contribution is 9.10. The molecule has 4 aliphatic rings. The third-order valence-electron chi connectivity index (χ3n) is 9.29. The Morgan fingerprint density at radius 1 is 0.897 bits per heavy atom. The lowest BCUT2D eigenvalue weighted by atomic mass is 9.55. The van der Waals surface area contributed by atoms with Crippen LogP contribution in [0.4, 0.5) is 5.69 Å². The van der Waals surface area contributed by atoms with Crippen LogP contribution in [0.25, 0.3) is 6.08 Å². The maximum atomic E-state index is 15.2. The molecule has 4 atom stereocenters. The van der Waals surface area contributed by atoms with Crippen molar-refractivity contribution in [2.24, 2.45) is 5.41 Å². The fraction of sp³-hybridized carbons (Fsp3) is 0.312. The highest BCUT2D eigenvalue weighted by atomic mass is 79.9. The van der Waals surface area contributed by atoms with Crippen molar-refractivity contribution in [3.8, 4) is 0 Å². The topological polar surface area (TPSA) is 61.4 Å². The highest BCUT2D eigenvalue weighted by Crippen LogP contribution is 2.67. The molecule has 198 valence electrons. The number of hydrogen-bond acceptors (Lipinski definition) is 4. The molecule has 3 saturated heterocycles. The quantitative estimate of drug-likeness (QED) is 0.323. The number of piperidine rings is 2. The smallest absolute Gasteiger partial charge is 0.250 e. The second-order valence-electron chi connectivity index (χ2n) is 11.1. The van der Waals surface area contributed by atoms with Gasteiger partial charge in [0.1, 0.15) is 5.54 Å². The molecule has 4 aliphatic heterocycles. The molecule has 0 radical (unpaired) electrons. The van der Waals surface area contributed by atoms with Crippen LogP contribution in [0, 0.1) is 5.41 Å². The van der Waals surface area contributed by atoms with E-state index in [4.69, 9.17) is 0 Å². The van der Waals surface area contributed by atoms with Crippen molar-refractivity contribution in [3.63, 3.8) is 0 Å². The van der Waals surface area contributed by atoms with Gasteiger partial charge in [0.2, 0.25) is 0 Å². The molecule has 0 bridgehead atoms. The molecule has 39 heavy (non-hydrogen) atoms. The summed E-state index contributed by atoms with van der Waals surface area (Å²) >= 11 is 7.11. The van der Waals surface area contributed by atoms with Crippen LogP contribution in [0.5, 0.6) is 0 Å². The first kappa shape index (κ1) is 25.4. The number of rotatable bonds is 2. The summed E-state index contributed by atoms with van der Waals surface area (Å²) in [5.41, 5.74) is 2.47. The lowest BCUT2D eigenvalue weighted by Gasteiger charge is -2.49. The summed E-state index contributed by atoms with van der Waals surface area (Å²) in [5, 5.41) is 6.85. The van der Waals surface area contributed by atoms with E-state index in [0.29, 0.717) is 13.1 Å². The predicted octanol–water partition coefficient (Wildman–Crippen LogP) is 6.25. The Balaban J connectivity index is 1.51. The van der Waals surface area contributed by atoms with Crippen LogP contribution in [-0.2, 0) is 15.1 Å². The van der Waals surface area contributed by atoms with Gasteiger partial charge in [-0.2, -0.15) is 0 Å². The van der Waals surface area contributed by atoms with Crippen molar-refractivity contribution in [1.29, 1.82) is 0 Å². The number of benzene rings is 3. The van der Waals surface area contributed by atoms with Crippen LogP contribution in [0.2, 0.25) is 0 Å². The standard InChI is InChI=1S/C32H29Br2N3O2/c33-23-12-8-20(9-13-23)17-22-18-35-19-31(29(22)38)28(21-10-14-24(34)15-11-21)27-7-3-4-16-37(27)32(31)25-5-1-2-6-26(25)36-30(32)39/h1-2,5-6,8-15,17,27-28,35H,3-4,7,16,18-19H2,(H,36,39)/b22-17+/t27-,28-,31?,32-/m0/s1. The van der Waals surface area contributed by atoms with Crippen molar-refractivity contribution >= 4 is 55.3 Å². The Kier molecular flexibility index (Phi) is 6.19. The number of nitrogens with one attached hydrogen (secondary N) is 2. The molecule has 2 spiro atoms. The summed E-state index contributed by atoms with van der Waals surface area (Å²) in [6.45, 7) is 1.72. The SMILES string of the molecule is O=C1/C(=C/c2ccc(Br)cc2)CNCC12[C@@H](c1ccc(Br)cc1)[C@@H]1CCCCN1[C@@]21C(=O)Nc2ccccc21. The van der Waals surface area contributed by atoms with Crippen LogP contribution in [0.1, 0.15) is 41.9 Å². The number of halogens is 2. The van der Waals surface area contributed by atoms with Crippen LogP contribution in [0.15, 0.2) is 87.3 Å². The van der Waals surface area contributed by atoms with Crippen molar-refractivity contribution < 1.29 is 9.59 Å². The first-order valence-corrected chi connectivity index (χ1v) is 15.2. The number of fused-ring (bicyclic) bond motifs is 5. The minimum absolute atomic E-state index is 0.0738. The van der Waals surface area contributed by atoms with Gasteiger partial charge in [-0.05, 0) is 66.9 Å². The van der Waals surface area contributed by atoms with E-state index in [9.17, 15) is 4.79 Å². The van der Waals surface area contributed by atoms with E-state index in [-0.39, 0.29) is 23.7 Å². The molecule has 0 aromatic heterocycles. The van der Waals surface area contributed by atoms with Gasteiger partial charge in [0.05, 0.1) is 5.41 Å². The average Bonchev–Trinajstić information content (AvgIpc) is 3.39. The Bertz CT molecular complexity index is 1500. The molecule has 5 nitrogen and oxygen atoms in total. The van der Waals surface area contributed by atoms with Crippen LogP contribution < -0.4 is 10.6 Å². The second kappa shape index (κ2) is 9.51. The molecule has 3 aromatic carbocycles. The van der Waals surface area contributed by atoms with Crippen molar-refractivity contribution in [2.45, 2.75) is 36.8 Å². The minimum atomic E-state index is -1.09. The normalized spacial score (nSPS) is 31.1. The maximum Gasteiger partial charge on any atom is 0.250 e. The summed E-state index contributed by atoms with van der Waals surface area (Å²) in [7, 11) is 0. The van der Waals surface area contributed by atoms with Gasteiger partial charge >= 0.3 is 0 Å². The zero-order valence-electron chi connectivity index (χ0n) is 21.4. The second-order valence-corrected chi connectivity index (χ2v) is 13.0. The molecular formula is C32H29Br2N3O2. The monoisotopic (exact) mass is 645 g/mol. The fourth-order valence-electron chi connectivity index (χ4n) is 7.94. The molecule has 0 saturated carbocycles. The van der Waals surface area contributed by atoms with E-state index in [1.165, 1.54) is 0 Å². The first-order valence-electron chi connectivity index (χ1n) is 13.6. The number of anilines is 1. The Morgan fingerprint density at radius 3 is 2.38 bits per heavy atom. The van der Waals surface area contributed by atoms with Crippen LogP contribution >= 0.6 is 31.9 Å². The van der Waals surface area contributed by atoms with Gasteiger partial charge in [-0.25, -0.2) is 0 Å². The summed E-state index contributed by atoms with van der Waals surface area (Å²) in [4.78, 5) is 32.1. The number of amides is 1. The van der Waals surface area contributed by atoms with Crippen molar-refractivity contribution in [1.82, 2.24) is 10.2 Å². The van der Waals surface area contributed by atoms with Crippen molar-refractivity contribution in [2.75, 3.05) is 25.0 Å². The van der Waals surface area contributed by atoms with Gasteiger partial charge in [-0.15, -0.1) is 0 Å². The average molecular weight is 647 g/mol. The zero-order valence-corrected chi connectivity index (χ0v) is 24.6. The lowest BCUT2D eigenvalue weighted by molar-refractivity contribution is -0.145. The molecule has 4 heterocycles. The largest absolute Gasteiger partial charge is 0.324 e. The number of ketones is 1. The molecule has 2 N–H and O–H groups in total. The van der Waals surface area contributed by atoms with Gasteiger partial charge in [-0.1, -0.05) is 80.7 Å². The highest BCUT2D eigenvalue weighted by Gasteiger charge is 2.77. The molecular weight excluding hydrogens is 618 g/mol. The molecule has 3 aromatic rings. The Labute approximate surface area is 245 Å². The molecule has 3 fully saturated rings. The first-order chi connectivity index (χ1) is 19.0. The van der Waals surface area contributed by atoms with Gasteiger partial charge in [0.25, 0.3) is 5.91 Å². The molecule has 7 rings (SSSR count). The van der Waals surface area contributed by atoms with E-state index in [1.54, 1.807) is 0 Å². The van der Waals surface area contributed by atoms with Crippen molar-refractivity contribution in [3.05, 3.63) is 104 Å². The van der Waals surface area contributed by atoms with E-state index in [1.807, 2.05) is 48.5 Å². The number of carbonyl (C=O) groups is 2. The third kappa shape index (κ3) is 3.56. The summed E-state index contributed by atoms with van der Waals surface area (Å²) in [5.74, 6) is -0.134. The third-order valence-corrected chi connectivity index (χ3v) is 10.3. The summed E-state index contributed by atoms with van der Waals surface area (Å²) < 4.78 is 2.00. The minimum Gasteiger partial charge on any atom is -0.324 e. The number of Topliss-reactive ketones (excluding diaryl/α,β-unsaturated/α-hetero) is 1. The molecule has 1 amide bonds. The molecule has 1 unspecified atom stereocenters. The number of hydrogen-bond donors (Lipinski definition) is 2. The van der Waals surface area contributed by atoms with Gasteiger partial charge in [-0.3, -0.25) is 14.5 Å².